The molecule has 0 aliphatic carbocycles. The number of carboxylic acids is 1. The summed E-state index contributed by atoms with van der Waals surface area (Å²) in [5.74, 6) is -1.52. The molecule has 1 amide bonds. The van der Waals surface area contributed by atoms with Gasteiger partial charge in [-0.25, -0.2) is 24.4 Å². The normalized spacial score (nSPS) is 11.9. The molecule has 6 rings (SSSR count). The van der Waals surface area contributed by atoms with Gasteiger partial charge in [0.1, 0.15) is 21.5 Å². The number of benzene rings is 2. The number of ether oxygens (including phenoxy) is 2. The van der Waals surface area contributed by atoms with E-state index in [1.165, 1.54) is 0 Å². The highest BCUT2D eigenvalue weighted by atomic mass is 35.5. The average molecular weight is 708 g/mol. The number of nitrogens with two attached hydrogens (primary N) is 1. The van der Waals surface area contributed by atoms with Gasteiger partial charge >= 0.3 is 18.0 Å². The second-order valence-corrected chi connectivity index (χ2v) is 14.0. The van der Waals surface area contributed by atoms with Gasteiger partial charge in [0.25, 0.3) is 0 Å². The number of carboxylic acid groups (broad SMARTS) is 1. The number of pyridine rings is 2. The first-order valence-electron chi connectivity index (χ1n) is 15.3. The maximum Gasteiger partial charge on any atom is 0.407 e. The summed E-state index contributed by atoms with van der Waals surface area (Å²) in [6, 6.07) is 10.8. The first-order valence-corrected chi connectivity index (χ1v) is 16.0. The van der Waals surface area contributed by atoms with E-state index < -0.39 is 29.2 Å². The summed E-state index contributed by atoms with van der Waals surface area (Å²) in [6.07, 6.45) is 2.94. The third kappa shape index (κ3) is 7.88. The molecule has 4 aromatic heterocycles. The smallest absolute Gasteiger partial charge is 0.407 e. The van der Waals surface area contributed by atoms with Crippen LogP contribution in [0.3, 0.4) is 0 Å². The molecule has 0 fully saturated rings. The van der Waals surface area contributed by atoms with Crippen LogP contribution in [0.15, 0.2) is 48.8 Å². The summed E-state index contributed by atoms with van der Waals surface area (Å²) in [5.41, 5.74) is 6.78. The van der Waals surface area contributed by atoms with E-state index in [9.17, 15) is 19.5 Å². The van der Waals surface area contributed by atoms with Gasteiger partial charge in [0.05, 0.1) is 40.1 Å². The minimum atomic E-state index is -1.02. The van der Waals surface area contributed by atoms with Gasteiger partial charge in [0.2, 0.25) is 0 Å². The van der Waals surface area contributed by atoms with Crippen molar-refractivity contribution in [3.8, 4) is 0 Å². The van der Waals surface area contributed by atoms with Crippen LogP contribution in [0.25, 0.3) is 43.4 Å². The molecular formula is C35H36Cl2N6O6. The number of aromatic amines is 2. The number of halogens is 2. The Kier molecular flexibility index (Phi) is 9.78. The molecule has 49 heavy (non-hydrogen) atoms. The van der Waals surface area contributed by atoms with E-state index in [0.29, 0.717) is 49.1 Å². The first-order chi connectivity index (χ1) is 23.0. The van der Waals surface area contributed by atoms with Crippen molar-refractivity contribution in [3.63, 3.8) is 0 Å². The molecule has 6 aromatic rings. The number of carbonyl (C=O) groups excluding carboxylic acids is 2. The van der Waals surface area contributed by atoms with Crippen LogP contribution in [-0.4, -0.2) is 54.3 Å². The molecule has 4 heterocycles. The summed E-state index contributed by atoms with van der Waals surface area (Å²) >= 11 is 12.1. The minimum absolute atomic E-state index is 0.0202. The van der Waals surface area contributed by atoms with Crippen molar-refractivity contribution >= 4 is 84.6 Å². The van der Waals surface area contributed by atoms with E-state index in [1.807, 2.05) is 18.2 Å². The summed E-state index contributed by atoms with van der Waals surface area (Å²) in [7, 11) is 0. The van der Waals surface area contributed by atoms with Crippen LogP contribution in [0.1, 0.15) is 73.6 Å². The molecule has 0 aliphatic rings. The third-order valence-corrected chi connectivity index (χ3v) is 7.63. The lowest BCUT2D eigenvalue weighted by Crippen LogP contribution is -2.32. The number of amides is 1. The second kappa shape index (κ2) is 13.5. The topological polar surface area (TPSA) is 185 Å². The van der Waals surface area contributed by atoms with Crippen molar-refractivity contribution in [2.24, 2.45) is 5.73 Å². The fourth-order valence-electron chi connectivity index (χ4n) is 5.31. The Balaban J connectivity index is 0.000000211. The zero-order valence-corrected chi connectivity index (χ0v) is 29.3. The number of alkyl carbamates (subject to hydrolysis) is 1. The van der Waals surface area contributed by atoms with Gasteiger partial charge in [-0.1, -0.05) is 47.5 Å². The molecule has 256 valence electrons. The van der Waals surface area contributed by atoms with E-state index in [1.54, 1.807) is 72.1 Å². The first kappa shape index (κ1) is 35.4. The van der Waals surface area contributed by atoms with Gasteiger partial charge < -0.3 is 35.6 Å². The molecule has 0 saturated carbocycles. The number of rotatable bonds is 5. The van der Waals surface area contributed by atoms with Crippen LogP contribution in [0.4, 0.5) is 4.79 Å². The number of carbonyl (C=O) groups is 3. The summed E-state index contributed by atoms with van der Waals surface area (Å²) in [5, 5.41) is 17.5. The van der Waals surface area contributed by atoms with Crippen LogP contribution in [0.2, 0.25) is 10.3 Å². The van der Waals surface area contributed by atoms with E-state index in [0.717, 1.165) is 21.5 Å². The maximum absolute atomic E-state index is 13.0. The molecular weight excluding hydrogens is 671 g/mol. The monoisotopic (exact) mass is 706 g/mol. The van der Waals surface area contributed by atoms with Crippen molar-refractivity contribution in [1.82, 2.24) is 25.3 Å². The molecule has 0 aliphatic heterocycles. The number of nitrogens with zero attached hydrogens (tertiary/aromatic N) is 2. The maximum atomic E-state index is 13.0. The van der Waals surface area contributed by atoms with Gasteiger partial charge in [0, 0.05) is 51.3 Å². The lowest BCUT2D eigenvalue weighted by atomic mass is 10.1. The van der Waals surface area contributed by atoms with Crippen LogP contribution in [0.5, 0.6) is 0 Å². The summed E-state index contributed by atoms with van der Waals surface area (Å²) < 4.78 is 10.9. The third-order valence-electron chi connectivity index (χ3n) is 7.19. The SMILES string of the molecule is CC(C)(C)OC(=O)NCc1nc2c(ccc3c[nH]c(Cl)cc32)c1C(=O)OC(C)(C)C.NCc1nc2c(ccc3c[nH]c(Cl)cc32)c1C(=O)O. The second-order valence-electron chi connectivity index (χ2n) is 13.2. The van der Waals surface area contributed by atoms with Crippen molar-refractivity contribution in [2.75, 3.05) is 0 Å². The molecule has 0 spiro atoms. The number of hydrogen-bond donors (Lipinski definition) is 5. The van der Waals surface area contributed by atoms with Gasteiger partial charge in [-0.15, -0.1) is 0 Å². The number of hydrogen-bond acceptors (Lipinski definition) is 8. The van der Waals surface area contributed by atoms with E-state index in [2.05, 4.69) is 25.3 Å². The van der Waals surface area contributed by atoms with Crippen LogP contribution < -0.4 is 11.1 Å². The molecule has 12 nitrogen and oxygen atoms in total. The van der Waals surface area contributed by atoms with Crippen molar-refractivity contribution in [3.05, 3.63) is 81.6 Å². The van der Waals surface area contributed by atoms with Gasteiger partial charge in [-0.3, -0.25) is 0 Å². The molecule has 0 bridgehead atoms. The molecule has 0 radical (unpaired) electrons. The standard InChI is InChI=1S/C22H26ClN3O4.C13H10ClN3O2/c1-21(2,3)29-19(27)17-13-8-7-12-10-24-16(23)9-14(12)18(13)26-15(17)11-25-20(28)30-22(4,5)6;14-10-3-8-6(5-16-10)1-2-7-11(13(18)19)9(4-15)17-12(7)8/h7-10,24H,11H2,1-6H3,(H,25,28);1-3,5,16H,4,15H2,(H,18,19). The fourth-order valence-corrected chi connectivity index (χ4v) is 5.64. The van der Waals surface area contributed by atoms with Gasteiger partial charge in [-0.2, -0.15) is 0 Å². The Morgan fingerprint density at radius 2 is 1.27 bits per heavy atom. The predicted octanol–water partition coefficient (Wildman–Crippen LogP) is 7.88. The van der Waals surface area contributed by atoms with E-state index >= 15 is 0 Å². The average Bonchev–Trinajstić information content (AvgIpc) is 3.58. The Morgan fingerprint density at radius 3 is 1.73 bits per heavy atom. The van der Waals surface area contributed by atoms with Gasteiger partial charge in [-0.05, 0) is 53.7 Å². The minimum Gasteiger partial charge on any atom is -0.478 e. The highest BCUT2D eigenvalue weighted by molar-refractivity contribution is 6.31. The van der Waals surface area contributed by atoms with Crippen LogP contribution in [-0.2, 0) is 22.6 Å². The van der Waals surface area contributed by atoms with E-state index in [-0.39, 0.29) is 18.7 Å². The number of aromatic carboxylic acids is 1. The zero-order chi connectivity index (χ0) is 35.8. The van der Waals surface area contributed by atoms with Crippen molar-refractivity contribution in [2.45, 2.75) is 65.8 Å². The predicted molar refractivity (Wildman–Crippen MR) is 190 cm³/mol. The van der Waals surface area contributed by atoms with Crippen LogP contribution >= 0.6 is 23.2 Å². The summed E-state index contributed by atoms with van der Waals surface area (Å²) in [4.78, 5) is 51.3. The Hall–Kier alpha value is -4.91. The number of H-pyrrole nitrogens is 2. The highest BCUT2D eigenvalue weighted by Gasteiger charge is 2.27. The molecule has 14 heteroatoms. The fraction of sp³-hybridized carbons (Fsp3) is 0.286. The Bertz CT molecular complexity index is 2250. The molecule has 6 N–H and O–H groups in total. The zero-order valence-electron chi connectivity index (χ0n) is 27.7. The number of esters is 1. The largest absolute Gasteiger partial charge is 0.478 e. The molecule has 2 aromatic carbocycles. The Morgan fingerprint density at radius 1 is 0.776 bits per heavy atom. The lowest BCUT2D eigenvalue weighted by molar-refractivity contribution is 0.00692. The molecule has 0 atom stereocenters. The quantitative estimate of drug-likeness (QED) is 0.0878. The number of fused-ring (bicyclic) bond motifs is 6. The lowest BCUT2D eigenvalue weighted by Gasteiger charge is -2.20. The summed E-state index contributed by atoms with van der Waals surface area (Å²) in [6.45, 7) is 10.8. The van der Waals surface area contributed by atoms with E-state index in [4.69, 9.17) is 38.4 Å². The molecule has 0 unspecified atom stereocenters. The highest BCUT2D eigenvalue weighted by Crippen LogP contribution is 2.33. The van der Waals surface area contributed by atoms with Crippen molar-refractivity contribution < 1.29 is 29.0 Å². The number of aromatic nitrogens is 4. The van der Waals surface area contributed by atoms with Crippen molar-refractivity contribution in [1.29, 1.82) is 0 Å². The number of nitrogens with one attached hydrogen (secondary N) is 3. The molecule has 0 saturated heterocycles. The van der Waals surface area contributed by atoms with Gasteiger partial charge in [0.15, 0.2) is 0 Å². The van der Waals surface area contributed by atoms with Crippen LogP contribution in [0, 0.1) is 0 Å². The Labute approximate surface area is 291 Å².